The van der Waals surface area contributed by atoms with Crippen LogP contribution in [0.5, 0.6) is 0 Å². The molecule has 0 spiro atoms. The fourth-order valence-corrected chi connectivity index (χ4v) is 2.34. The van der Waals surface area contributed by atoms with Gasteiger partial charge in [0.25, 0.3) is 0 Å². The molecule has 1 N–H and O–H groups in total. The number of nitrogens with zero attached hydrogens (tertiary/aromatic N) is 1. The van der Waals surface area contributed by atoms with Crippen molar-refractivity contribution in [1.82, 2.24) is 4.98 Å². The van der Waals surface area contributed by atoms with Crippen LogP contribution in [-0.2, 0) is 9.53 Å². The number of halogens is 1. The largest absolute Gasteiger partial charge is 0.466 e. The number of rotatable bonds is 6. The molecular weight excluding hydrogens is 290 g/mol. The number of hydrogen-bond acceptors (Lipinski definition) is 4. The van der Waals surface area contributed by atoms with Gasteiger partial charge >= 0.3 is 5.97 Å². The molecule has 0 bridgehead atoms. The number of aliphatic hydroxyl groups excluding tert-OH is 1. The number of esters is 1. The van der Waals surface area contributed by atoms with Crippen molar-refractivity contribution in [2.24, 2.45) is 0 Å². The van der Waals surface area contributed by atoms with Gasteiger partial charge in [0.2, 0.25) is 0 Å². The molecule has 1 unspecified atom stereocenters. The summed E-state index contributed by atoms with van der Waals surface area (Å²) >= 11 is 6.12. The summed E-state index contributed by atoms with van der Waals surface area (Å²) in [5.41, 5.74) is 1.35. The second-order valence-corrected chi connectivity index (χ2v) is 5.22. The maximum atomic E-state index is 11.5. The molecule has 0 radical (unpaired) electrons. The lowest BCUT2D eigenvalue weighted by Crippen LogP contribution is -2.08. The van der Waals surface area contributed by atoms with Crippen LogP contribution >= 0.6 is 11.6 Å². The van der Waals surface area contributed by atoms with Crippen molar-refractivity contribution in [3.8, 4) is 0 Å². The molecule has 112 valence electrons. The summed E-state index contributed by atoms with van der Waals surface area (Å²) in [4.78, 5) is 15.8. The SMILES string of the molecule is CCCOC(=O)CCC(O)c1ccc(Cl)c2cccnc12. The highest BCUT2D eigenvalue weighted by Gasteiger charge is 2.15. The van der Waals surface area contributed by atoms with E-state index in [1.165, 1.54) is 0 Å². The van der Waals surface area contributed by atoms with Gasteiger partial charge in [-0.2, -0.15) is 0 Å². The number of carbonyl (C=O) groups excluding carboxylic acids is 1. The minimum Gasteiger partial charge on any atom is -0.466 e. The Labute approximate surface area is 128 Å². The summed E-state index contributed by atoms with van der Waals surface area (Å²) in [5, 5.41) is 11.7. The number of benzene rings is 1. The van der Waals surface area contributed by atoms with E-state index in [1.807, 2.05) is 13.0 Å². The fraction of sp³-hybridized carbons (Fsp3) is 0.375. The Morgan fingerprint density at radius 1 is 1.43 bits per heavy atom. The molecule has 1 aromatic carbocycles. The minimum atomic E-state index is -0.770. The first-order chi connectivity index (χ1) is 10.1. The number of aromatic nitrogens is 1. The third kappa shape index (κ3) is 3.93. The normalized spacial score (nSPS) is 12.3. The van der Waals surface area contributed by atoms with E-state index in [2.05, 4.69) is 4.98 Å². The third-order valence-electron chi connectivity index (χ3n) is 3.20. The smallest absolute Gasteiger partial charge is 0.305 e. The quantitative estimate of drug-likeness (QED) is 0.827. The van der Waals surface area contributed by atoms with Gasteiger partial charge in [0.1, 0.15) is 0 Å². The van der Waals surface area contributed by atoms with E-state index in [1.54, 1.807) is 24.4 Å². The first-order valence-electron chi connectivity index (χ1n) is 7.00. The molecule has 1 atom stereocenters. The molecule has 21 heavy (non-hydrogen) atoms. The van der Waals surface area contributed by atoms with Crippen LogP contribution in [0.2, 0.25) is 5.02 Å². The van der Waals surface area contributed by atoms with Crippen molar-refractivity contribution in [3.05, 3.63) is 41.0 Å². The van der Waals surface area contributed by atoms with E-state index in [-0.39, 0.29) is 12.4 Å². The van der Waals surface area contributed by atoms with Gasteiger partial charge in [0.05, 0.1) is 18.2 Å². The summed E-state index contributed by atoms with van der Waals surface area (Å²) in [5.74, 6) is -0.290. The van der Waals surface area contributed by atoms with Crippen LogP contribution in [0.1, 0.15) is 37.9 Å². The Balaban J connectivity index is 2.11. The van der Waals surface area contributed by atoms with Gasteiger partial charge in [-0.05, 0) is 31.0 Å². The molecule has 0 amide bonds. The Bertz CT molecular complexity index is 630. The first-order valence-corrected chi connectivity index (χ1v) is 7.38. The maximum Gasteiger partial charge on any atom is 0.305 e. The molecule has 2 rings (SSSR count). The van der Waals surface area contributed by atoms with E-state index in [0.717, 1.165) is 11.8 Å². The van der Waals surface area contributed by atoms with E-state index in [9.17, 15) is 9.90 Å². The lowest BCUT2D eigenvalue weighted by molar-refractivity contribution is -0.144. The Kier molecular flexibility index (Phi) is 5.53. The predicted octanol–water partition coefficient (Wildman–Crippen LogP) is 3.66. The fourth-order valence-electron chi connectivity index (χ4n) is 2.13. The lowest BCUT2D eigenvalue weighted by atomic mass is 10.0. The zero-order valence-corrected chi connectivity index (χ0v) is 12.6. The number of pyridine rings is 1. The van der Waals surface area contributed by atoms with Crippen LogP contribution in [0.25, 0.3) is 10.9 Å². The summed E-state index contributed by atoms with van der Waals surface area (Å²) in [6.07, 6.45) is 2.16. The average molecular weight is 308 g/mol. The Morgan fingerprint density at radius 3 is 3.00 bits per heavy atom. The highest BCUT2D eigenvalue weighted by Crippen LogP contribution is 2.30. The van der Waals surface area contributed by atoms with Crippen LogP contribution in [0.4, 0.5) is 0 Å². The molecular formula is C16H18ClNO3. The summed E-state index contributed by atoms with van der Waals surface area (Å²) in [7, 11) is 0. The molecule has 1 heterocycles. The van der Waals surface area contributed by atoms with Crippen molar-refractivity contribution in [1.29, 1.82) is 0 Å². The van der Waals surface area contributed by atoms with Crippen molar-refractivity contribution in [2.45, 2.75) is 32.3 Å². The number of fused-ring (bicyclic) bond motifs is 1. The molecule has 5 heteroatoms. The number of ether oxygens (including phenoxy) is 1. The van der Waals surface area contributed by atoms with E-state index in [4.69, 9.17) is 16.3 Å². The highest BCUT2D eigenvalue weighted by molar-refractivity contribution is 6.35. The Morgan fingerprint density at radius 2 is 2.24 bits per heavy atom. The van der Waals surface area contributed by atoms with Gasteiger partial charge < -0.3 is 9.84 Å². The zero-order valence-electron chi connectivity index (χ0n) is 11.9. The van der Waals surface area contributed by atoms with Gasteiger partial charge in [-0.1, -0.05) is 24.6 Å². The van der Waals surface area contributed by atoms with Crippen LogP contribution in [-0.4, -0.2) is 22.7 Å². The van der Waals surface area contributed by atoms with E-state index >= 15 is 0 Å². The number of hydrogen-bond donors (Lipinski definition) is 1. The van der Waals surface area contributed by atoms with Gasteiger partial charge in [0, 0.05) is 28.6 Å². The summed E-state index contributed by atoms with van der Waals surface area (Å²) < 4.78 is 5.00. The van der Waals surface area contributed by atoms with Crippen molar-refractivity contribution >= 4 is 28.5 Å². The van der Waals surface area contributed by atoms with Gasteiger partial charge in [-0.15, -0.1) is 0 Å². The van der Waals surface area contributed by atoms with Crippen LogP contribution < -0.4 is 0 Å². The van der Waals surface area contributed by atoms with Gasteiger partial charge in [-0.3, -0.25) is 9.78 Å². The number of carbonyl (C=O) groups is 1. The summed E-state index contributed by atoms with van der Waals surface area (Å²) in [6.45, 7) is 2.36. The van der Waals surface area contributed by atoms with Gasteiger partial charge in [-0.25, -0.2) is 0 Å². The average Bonchev–Trinajstić information content (AvgIpc) is 2.51. The molecule has 0 saturated carbocycles. The Hall–Kier alpha value is -1.65. The molecule has 0 aliphatic rings. The van der Waals surface area contributed by atoms with E-state index in [0.29, 0.717) is 29.1 Å². The molecule has 0 saturated heterocycles. The van der Waals surface area contributed by atoms with Crippen molar-refractivity contribution in [3.63, 3.8) is 0 Å². The highest BCUT2D eigenvalue weighted by atomic mass is 35.5. The second kappa shape index (κ2) is 7.38. The first kappa shape index (κ1) is 15.7. The molecule has 4 nitrogen and oxygen atoms in total. The molecule has 0 fully saturated rings. The topological polar surface area (TPSA) is 59.4 Å². The number of aliphatic hydroxyl groups is 1. The molecule has 2 aromatic rings. The predicted molar refractivity (Wildman–Crippen MR) is 82.2 cm³/mol. The molecule has 0 aliphatic heterocycles. The van der Waals surface area contributed by atoms with Crippen molar-refractivity contribution < 1.29 is 14.6 Å². The van der Waals surface area contributed by atoms with Crippen molar-refractivity contribution in [2.75, 3.05) is 6.61 Å². The van der Waals surface area contributed by atoms with E-state index < -0.39 is 6.10 Å². The maximum absolute atomic E-state index is 11.5. The van der Waals surface area contributed by atoms with Crippen LogP contribution in [0.15, 0.2) is 30.5 Å². The molecule has 0 aliphatic carbocycles. The zero-order chi connectivity index (χ0) is 15.2. The van der Waals surface area contributed by atoms with Crippen LogP contribution in [0.3, 0.4) is 0 Å². The second-order valence-electron chi connectivity index (χ2n) is 4.81. The monoisotopic (exact) mass is 307 g/mol. The lowest BCUT2D eigenvalue weighted by Gasteiger charge is -2.13. The summed E-state index contributed by atoms with van der Waals surface area (Å²) in [6, 6.07) is 7.14. The minimum absolute atomic E-state index is 0.179. The third-order valence-corrected chi connectivity index (χ3v) is 3.53. The van der Waals surface area contributed by atoms with Gasteiger partial charge in [0.15, 0.2) is 0 Å². The van der Waals surface area contributed by atoms with Crippen LogP contribution in [0, 0.1) is 0 Å². The standard InChI is InChI=1S/C16H18ClNO3/c1-2-10-21-15(20)8-7-14(19)12-5-6-13(17)11-4-3-9-18-16(11)12/h3-6,9,14,19H,2,7-8,10H2,1H3. The molecule has 1 aromatic heterocycles.